The molecule has 3 N–H and O–H groups in total. The van der Waals surface area contributed by atoms with Gasteiger partial charge < -0.3 is 15.4 Å². The van der Waals surface area contributed by atoms with Crippen LogP contribution in [0.3, 0.4) is 0 Å². The summed E-state index contributed by atoms with van der Waals surface area (Å²) >= 11 is 1.18. The summed E-state index contributed by atoms with van der Waals surface area (Å²) in [7, 11) is 1.51. The van der Waals surface area contributed by atoms with Crippen LogP contribution in [-0.4, -0.2) is 35.4 Å². The average Bonchev–Trinajstić information content (AvgIpc) is 3.45. The first kappa shape index (κ1) is 23.2. The fourth-order valence-electron chi connectivity index (χ4n) is 3.23. The summed E-state index contributed by atoms with van der Waals surface area (Å²) in [4.78, 5) is 25.5. The van der Waals surface area contributed by atoms with Crippen LogP contribution in [0.5, 0.6) is 5.75 Å². The van der Waals surface area contributed by atoms with E-state index in [2.05, 4.69) is 25.6 Å². The van der Waals surface area contributed by atoms with E-state index in [0.29, 0.717) is 15.8 Å². The number of benzene rings is 2. The molecular weight excluding hydrogens is 476 g/mol. The molecule has 0 fully saturated rings. The number of nitrogens with zero attached hydrogens (tertiary/aromatic N) is 1. The Morgan fingerprint density at radius 3 is 2.62 bits per heavy atom. The Hall–Kier alpha value is -3.93. The normalized spacial score (nSPS) is 11.4. The van der Waals surface area contributed by atoms with E-state index < -0.39 is 23.8 Å². The molecule has 0 spiro atoms. The zero-order chi connectivity index (χ0) is 24.5. The van der Waals surface area contributed by atoms with Gasteiger partial charge in [0.05, 0.1) is 10.4 Å². The molecule has 2 amide bonds. The SMILES string of the molecule is CNC(=O)c1n[nH]c2cc(-c3ccc(C(=O)NCc4cc(OC(F)(F)F)ccc4F)s3)ccc12. The molecule has 2 aromatic heterocycles. The second-order valence-corrected chi connectivity index (χ2v) is 8.14. The van der Waals surface area contributed by atoms with Crippen LogP contribution in [0.15, 0.2) is 48.5 Å². The van der Waals surface area contributed by atoms with Crippen molar-refractivity contribution < 1.29 is 31.9 Å². The topological polar surface area (TPSA) is 96.1 Å². The van der Waals surface area contributed by atoms with Gasteiger partial charge in [0.15, 0.2) is 5.69 Å². The Labute approximate surface area is 193 Å². The van der Waals surface area contributed by atoms with Gasteiger partial charge in [0, 0.05) is 29.4 Å². The summed E-state index contributed by atoms with van der Waals surface area (Å²) in [5.41, 5.74) is 1.55. The monoisotopic (exact) mass is 492 g/mol. The van der Waals surface area contributed by atoms with E-state index >= 15 is 0 Å². The van der Waals surface area contributed by atoms with Crippen LogP contribution in [0.25, 0.3) is 21.3 Å². The van der Waals surface area contributed by atoms with Crippen molar-refractivity contribution >= 4 is 34.1 Å². The lowest BCUT2D eigenvalue weighted by molar-refractivity contribution is -0.274. The first-order chi connectivity index (χ1) is 16.1. The molecule has 0 aliphatic heterocycles. The van der Waals surface area contributed by atoms with Crippen molar-refractivity contribution in [3.05, 3.63) is 70.5 Å². The highest BCUT2D eigenvalue weighted by atomic mass is 32.1. The van der Waals surface area contributed by atoms with Crippen molar-refractivity contribution in [1.29, 1.82) is 0 Å². The fraction of sp³-hybridized carbons (Fsp3) is 0.136. The number of fused-ring (bicyclic) bond motifs is 1. The number of thiophene rings is 1. The molecule has 0 atom stereocenters. The van der Waals surface area contributed by atoms with Crippen molar-refractivity contribution in [2.45, 2.75) is 12.9 Å². The van der Waals surface area contributed by atoms with Crippen LogP contribution >= 0.6 is 11.3 Å². The Balaban J connectivity index is 1.47. The first-order valence-corrected chi connectivity index (χ1v) is 10.6. The standard InChI is InChI=1S/C22H16F4N4O3S/c1-27-21(32)19-14-4-2-11(9-16(14)29-30-19)17-6-7-18(34-17)20(31)28-10-12-8-13(3-5-15(12)23)33-22(24,25)26/h2-9H,10H2,1H3,(H,27,32)(H,28,31)(H,29,30). The zero-order valence-electron chi connectivity index (χ0n) is 17.4. The Morgan fingerprint density at radius 1 is 1.09 bits per heavy atom. The number of hydrogen-bond acceptors (Lipinski definition) is 5. The van der Waals surface area contributed by atoms with Gasteiger partial charge in [-0.1, -0.05) is 6.07 Å². The van der Waals surface area contributed by atoms with Gasteiger partial charge in [0.25, 0.3) is 11.8 Å². The highest BCUT2D eigenvalue weighted by Gasteiger charge is 2.31. The number of hydrogen-bond donors (Lipinski definition) is 3. The van der Waals surface area contributed by atoms with Crippen LogP contribution < -0.4 is 15.4 Å². The van der Waals surface area contributed by atoms with Crippen molar-refractivity contribution in [1.82, 2.24) is 20.8 Å². The van der Waals surface area contributed by atoms with Gasteiger partial charge in [-0.15, -0.1) is 24.5 Å². The van der Waals surface area contributed by atoms with Gasteiger partial charge in [-0.25, -0.2) is 4.39 Å². The predicted octanol–water partition coefficient (Wildman–Crippen LogP) is 4.62. The van der Waals surface area contributed by atoms with Crippen LogP contribution in [0.1, 0.15) is 25.7 Å². The summed E-state index contributed by atoms with van der Waals surface area (Å²) in [5.74, 6) is -2.18. The number of alkyl halides is 3. The van der Waals surface area contributed by atoms with Gasteiger partial charge >= 0.3 is 6.36 Å². The highest BCUT2D eigenvalue weighted by molar-refractivity contribution is 7.17. The fourth-order valence-corrected chi connectivity index (χ4v) is 4.14. The quantitative estimate of drug-likeness (QED) is 0.343. The van der Waals surface area contributed by atoms with Gasteiger partial charge in [-0.2, -0.15) is 5.10 Å². The van der Waals surface area contributed by atoms with Crippen LogP contribution in [0, 0.1) is 5.82 Å². The first-order valence-electron chi connectivity index (χ1n) is 9.77. The van der Waals surface area contributed by atoms with E-state index in [-0.39, 0.29) is 23.7 Å². The molecule has 0 unspecified atom stereocenters. The van der Waals surface area contributed by atoms with Crippen molar-refractivity contribution in [3.63, 3.8) is 0 Å². The number of aromatic nitrogens is 2. The maximum Gasteiger partial charge on any atom is 0.573 e. The van der Waals surface area contributed by atoms with Gasteiger partial charge in [0.1, 0.15) is 11.6 Å². The second kappa shape index (κ2) is 9.14. The number of rotatable bonds is 6. The van der Waals surface area contributed by atoms with Gasteiger partial charge in [0.2, 0.25) is 0 Å². The van der Waals surface area contributed by atoms with Crippen molar-refractivity contribution in [3.8, 4) is 16.2 Å². The molecular formula is C22H16F4N4O3S. The largest absolute Gasteiger partial charge is 0.573 e. The Bertz CT molecular complexity index is 1380. The number of amides is 2. The van der Waals surface area contributed by atoms with Crippen molar-refractivity contribution in [2.24, 2.45) is 0 Å². The molecule has 0 radical (unpaired) electrons. The molecule has 0 aliphatic rings. The summed E-state index contributed by atoms with van der Waals surface area (Å²) in [6.07, 6.45) is -4.91. The Kier molecular flexibility index (Phi) is 6.24. The van der Waals surface area contributed by atoms with Crippen molar-refractivity contribution in [2.75, 3.05) is 7.05 Å². The molecule has 176 valence electrons. The smallest absolute Gasteiger partial charge is 0.406 e. The molecule has 0 aliphatic carbocycles. The molecule has 0 saturated heterocycles. The second-order valence-electron chi connectivity index (χ2n) is 7.06. The lowest BCUT2D eigenvalue weighted by atomic mass is 10.1. The molecule has 0 bridgehead atoms. The number of ether oxygens (including phenoxy) is 1. The number of halogens is 4. The zero-order valence-corrected chi connectivity index (χ0v) is 18.2. The highest BCUT2D eigenvalue weighted by Crippen LogP contribution is 2.31. The number of nitrogens with one attached hydrogen (secondary N) is 3. The van der Waals surface area contributed by atoms with Gasteiger partial charge in [-0.05, 0) is 48.0 Å². The molecule has 4 rings (SSSR count). The number of carbonyl (C=O) groups is 2. The minimum atomic E-state index is -4.91. The molecule has 2 heterocycles. The average molecular weight is 492 g/mol. The van der Waals surface area contributed by atoms with E-state index in [1.54, 1.807) is 30.3 Å². The summed E-state index contributed by atoms with van der Waals surface area (Å²) in [6.45, 7) is -0.324. The number of H-pyrrole nitrogens is 1. The third-order valence-corrected chi connectivity index (χ3v) is 5.94. The lowest BCUT2D eigenvalue weighted by Crippen LogP contribution is -2.22. The molecule has 7 nitrogen and oxygen atoms in total. The van der Waals surface area contributed by atoms with Crippen LogP contribution in [0.2, 0.25) is 0 Å². The molecule has 0 saturated carbocycles. The van der Waals surface area contributed by atoms with E-state index in [9.17, 15) is 27.2 Å². The summed E-state index contributed by atoms with van der Waals surface area (Å²) in [6, 6.07) is 11.2. The third kappa shape index (κ3) is 5.01. The predicted molar refractivity (Wildman–Crippen MR) is 117 cm³/mol. The van der Waals surface area contributed by atoms with E-state index in [4.69, 9.17) is 0 Å². The third-order valence-electron chi connectivity index (χ3n) is 4.81. The van der Waals surface area contributed by atoms with Crippen LogP contribution in [-0.2, 0) is 6.54 Å². The summed E-state index contributed by atoms with van der Waals surface area (Å²) < 4.78 is 54.9. The minimum absolute atomic E-state index is 0.150. The lowest BCUT2D eigenvalue weighted by Gasteiger charge is -2.11. The number of aromatic amines is 1. The maximum absolute atomic E-state index is 14.0. The summed E-state index contributed by atoms with van der Waals surface area (Å²) in [5, 5.41) is 12.5. The molecule has 4 aromatic rings. The molecule has 12 heteroatoms. The minimum Gasteiger partial charge on any atom is -0.406 e. The van der Waals surface area contributed by atoms with Crippen LogP contribution in [0.4, 0.5) is 17.6 Å². The number of carbonyl (C=O) groups excluding carboxylic acids is 2. The molecule has 34 heavy (non-hydrogen) atoms. The van der Waals surface area contributed by atoms with E-state index in [0.717, 1.165) is 28.6 Å². The Morgan fingerprint density at radius 2 is 1.88 bits per heavy atom. The molecule has 2 aromatic carbocycles. The van der Waals surface area contributed by atoms with E-state index in [1.165, 1.54) is 18.4 Å². The van der Waals surface area contributed by atoms with E-state index in [1.807, 2.05) is 0 Å². The maximum atomic E-state index is 14.0. The van der Waals surface area contributed by atoms with Gasteiger partial charge in [-0.3, -0.25) is 14.7 Å².